The van der Waals surface area contributed by atoms with E-state index in [9.17, 15) is 14.4 Å². The molecule has 0 aliphatic rings. The highest BCUT2D eigenvalue weighted by atomic mass is 16.6. The van der Waals surface area contributed by atoms with E-state index in [2.05, 4.69) is 191 Å². The first-order valence-corrected chi connectivity index (χ1v) is 31.6. The molecule has 0 aliphatic heterocycles. The van der Waals surface area contributed by atoms with Crippen molar-refractivity contribution >= 4 is 17.9 Å². The number of hydrogen-bond acceptors (Lipinski definition) is 6. The average Bonchev–Trinajstić information content (AvgIpc) is 3.45. The Bertz CT molecular complexity index is 1820. The van der Waals surface area contributed by atoms with Gasteiger partial charge >= 0.3 is 17.9 Å². The van der Waals surface area contributed by atoms with E-state index in [-0.39, 0.29) is 37.5 Å². The van der Waals surface area contributed by atoms with Crippen LogP contribution in [0.1, 0.15) is 252 Å². The second-order valence-corrected chi connectivity index (χ2v) is 20.2. The van der Waals surface area contributed by atoms with Crippen LogP contribution in [-0.4, -0.2) is 37.2 Å². The second-order valence-electron chi connectivity index (χ2n) is 20.2. The van der Waals surface area contributed by atoms with E-state index in [1.807, 2.05) is 0 Å². The van der Waals surface area contributed by atoms with Gasteiger partial charge in [0.25, 0.3) is 0 Å². The summed E-state index contributed by atoms with van der Waals surface area (Å²) in [4.78, 5) is 38.0. The molecule has 0 rings (SSSR count). The van der Waals surface area contributed by atoms with Crippen LogP contribution in [-0.2, 0) is 28.6 Å². The van der Waals surface area contributed by atoms with Gasteiger partial charge in [0.2, 0.25) is 0 Å². The minimum absolute atomic E-state index is 0.101. The molecule has 0 heterocycles. The minimum Gasteiger partial charge on any atom is -0.462 e. The molecule has 0 saturated carbocycles. The smallest absolute Gasteiger partial charge is 0.306 e. The first kappa shape index (κ1) is 73.8. The van der Waals surface area contributed by atoms with Crippen LogP contribution in [0.3, 0.4) is 0 Å². The molecule has 79 heavy (non-hydrogen) atoms. The molecule has 442 valence electrons. The van der Waals surface area contributed by atoms with Gasteiger partial charge in [0.15, 0.2) is 6.10 Å². The lowest BCUT2D eigenvalue weighted by atomic mass is 10.1. The quantitative estimate of drug-likeness (QED) is 0.0261. The molecular formula is C73H114O6. The van der Waals surface area contributed by atoms with E-state index in [4.69, 9.17) is 14.2 Å². The lowest BCUT2D eigenvalue weighted by Gasteiger charge is -2.18. The van der Waals surface area contributed by atoms with Crippen molar-refractivity contribution in [3.63, 3.8) is 0 Å². The van der Waals surface area contributed by atoms with Crippen molar-refractivity contribution in [3.8, 4) is 0 Å². The Hall–Kier alpha value is -5.23. The van der Waals surface area contributed by atoms with E-state index in [0.717, 1.165) is 161 Å². The van der Waals surface area contributed by atoms with Crippen LogP contribution in [0.2, 0.25) is 0 Å². The summed E-state index contributed by atoms with van der Waals surface area (Å²) in [6.45, 7) is 6.32. The monoisotopic (exact) mass is 1090 g/mol. The SMILES string of the molecule is CC/C=C\C/C=C\C/C=C\C/C=C\C/C=C\C/C=C\C/C=C\C/C=C\C/C=C\CCCCCCCCCC(=O)OCC(COC(=O)CCCCCCCCC)OC(=O)CCCCC/C=C\C/C=C\C/C=C\C/C=C\C/C=C\CC. The van der Waals surface area contributed by atoms with Crippen LogP contribution >= 0.6 is 0 Å². The van der Waals surface area contributed by atoms with Crippen LogP contribution in [0.4, 0.5) is 0 Å². The van der Waals surface area contributed by atoms with Gasteiger partial charge in [-0.3, -0.25) is 14.4 Å². The van der Waals surface area contributed by atoms with Crippen LogP contribution in [0.15, 0.2) is 170 Å². The maximum Gasteiger partial charge on any atom is 0.306 e. The third-order valence-corrected chi connectivity index (χ3v) is 12.7. The number of carbonyl (C=O) groups is 3. The Labute approximate surface area is 485 Å². The van der Waals surface area contributed by atoms with Gasteiger partial charge in [-0.15, -0.1) is 0 Å². The Kier molecular flexibility index (Phi) is 61.0. The summed E-state index contributed by atoms with van der Waals surface area (Å²) in [5.41, 5.74) is 0. The van der Waals surface area contributed by atoms with E-state index in [1.165, 1.54) is 51.4 Å². The largest absolute Gasteiger partial charge is 0.462 e. The number of esters is 3. The average molecular weight is 1090 g/mol. The van der Waals surface area contributed by atoms with Crippen molar-refractivity contribution in [1.29, 1.82) is 0 Å². The van der Waals surface area contributed by atoms with Gasteiger partial charge in [0, 0.05) is 19.3 Å². The molecule has 1 atom stereocenters. The molecule has 0 aromatic carbocycles. The molecule has 0 spiro atoms. The number of hydrogen-bond donors (Lipinski definition) is 0. The molecule has 0 aliphatic carbocycles. The van der Waals surface area contributed by atoms with Crippen molar-refractivity contribution in [2.24, 2.45) is 0 Å². The van der Waals surface area contributed by atoms with Crippen molar-refractivity contribution in [1.82, 2.24) is 0 Å². The lowest BCUT2D eigenvalue weighted by Crippen LogP contribution is -2.30. The molecule has 0 amide bonds. The Morgan fingerprint density at radius 2 is 0.494 bits per heavy atom. The van der Waals surface area contributed by atoms with Crippen molar-refractivity contribution in [2.45, 2.75) is 258 Å². The molecule has 0 bridgehead atoms. The summed E-state index contributed by atoms with van der Waals surface area (Å²) >= 11 is 0. The molecule has 0 saturated heterocycles. The number of allylic oxidation sites excluding steroid dienone is 28. The molecule has 6 heteroatoms. The van der Waals surface area contributed by atoms with Gasteiger partial charge in [0.05, 0.1) is 0 Å². The zero-order valence-corrected chi connectivity index (χ0v) is 50.6. The van der Waals surface area contributed by atoms with Crippen LogP contribution in [0.25, 0.3) is 0 Å². The molecule has 1 unspecified atom stereocenters. The van der Waals surface area contributed by atoms with Gasteiger partial charge in [-0.05, 0) is 135 Å². The van der Waals surface area contributed by atoms with E-state index >= 15 is 0 Å². The van der Waals surface area contributed by atoms with Gasteiger partial charge < -0.3 is 14.2 Å². The zero-order chi connectivity index (χ0) is 57.1. The molecule has 0 aromatic heterocycles. The predicted molar refractivity (Wildman–Crippen MR) is 343 cm³/mol. The van der Waals surface area contributed by atoms with Crippen molar-refractivity contribution < 1.29 is 28.6 Å². The van der Waals surface area contributed by atoms with Crippen LogP contribution in [0, 0.1) is 0 Å². The predicted octanol–water partition coefficient (Wildman–Crippen LogP) is 21.9. The van der Waals surface area contributed by atoms with Crippen LogP contribution in [0.5, 0.6) is 0 Å². The molecule has 0 fully saturated rings. The Balaban J connectivity index is 4.22. The lowest BCUT2D eigenvalue weighted by molar-refractivity contribution is -0.167. The number of unbranched alkanes of at least 4 members (excludes halogenated alkanes) is 16. The number of carbonyl (C=O) groups excluding carboxylic acids is 3. The summed E-state index contributed by atoms with van der Waals surface area (Å²) in [5.74, 6) is -0.959. The Morgan fingerprint density at radius 3 is 0.785 bits per heavy atom. The topological polar surface area (TPSA) is 78.9 Å². The highest BCUT2D eigenvalue weighted by molar-refractivity contribution is 5.71. The minimum atomic E-state index is -0.806. The molecular weight excluding hydrogens is 973 g/mol. The zero-order valence-electron chi connectivity index (χ0n) is 50.6. The fourth-order valence-corrected chi connectivity index (χ4v) is 8.05. The molecule has 0 N–H and O–H groups in total. The fraction of sp³-hybridized carbons (Fsp3) is 0.575. The molecule has 0 aromatic rings. The Morgan fingerprint density at radius 1 is 0.266 bits per heavy atom. The number of ether oxygens (including phenoxy) is 3. The highest BCUT2D eigenvalue weighted by Gasteiger charge is 2.19. The molecule has 0 radical (unpaired) electrons. The second kappa shape index (κ2) is 65.3. The molecule has 6 nitrogen and oxygen atoms in total. The van der Waals surface area contributed by atoms with Gasteiger partial charge in [-0.25, -0.2) is 0 Å². The number of rotatable bonds is 55. The standard InChI is InChI=1S/C73H114O6/c1-4-7-10-13-16-18-20-22-24-26-28-29-30-31-32-33-34-35-36-37-38-39-40-41-42-43-45-46-48-50-52-54-57-60-63-66-72(75)78-69-70(68-77-71(74)65-62-59-56-15-12-9-6-3)79-73(76)67-64-61-58-55-53-51-49-47-44-27-25-23-21-19-17-14-11-8-5-2/h7-8,10-11,16-19,22-25,28-29,31-32,34-35,37-38,40-41,43-45,47,51,53,70H,4-6,9,12-15,20-21,26-27,30,33,36,39,42,46,48-50,52,54-69H2,1-3H3/b10-7-,11-8-,18-16-,19-17-,24-22-,25-23-,29-28-,32-31-,35-34-,38-37-,41-40-,45-43-,47-44-,53-51-. The maximum absolute atomic E-state index is 12.8. The van der Waals surface area contributed by atoms with Gasteiger partial charge in [0.1, 0.15) is 13.2 Å². The first-order chi connectivity index (χ1) is 39.0. The summed E-state index contributed by atoms with van der Waals surface area (Å²) < 4.78 is 16.8. The van der Waals surface area contributed by atoms with E-state index in [1.54, 1.807) is 0 Å². The third kappa shape index (κ3) is 63.5. The van der Waals surface area contributed by atoms with Crippen molar-refractivity contribution in [2.75, 3.05) is 13.2 Å². The first-order valence-electron chi connectivity index (χ1n) is 31.6. The van der Waals surface area contributed by atoms with Crippen LogP contribution < -0.4 is 0 Å². The third-order valence-electron chi connectivity index (χ3n) is 12.7. The summed E-state index contributed by atoms with van der Waals surface area (Å²) in [7, 11) is 0. The normalized spacial score (nSPS) is 13.3. The summed E-state index contributed by atoms with van der Waals surface area (Å²) in [5, 5.41) is 0. The van der Waals surface area contributed by atoms with E-state index in [0.29, 0.717) is 12.8 Å². The summed E-state index contributed by atoms with van der Waals surface area (Å²) in [6, 6.07) is 0. The maximum atomic E-state index is 12.8. The van der Waals surface area contributed by atoms with Crippen molar-refractivity contribution in [3.05, 3.63) is 170 Å². The van der Waals surface area contributed by atoms with E-state index < -0.39 is 6.10 Å². The van der Waals surface area contributed by atoms with Gasteiger partial charge in [-0.1, -0.05) is 268 Å². The summed E-state index contributed by atoms with van der Waals surface area (Å²) in [6.07, 6.45) is 96.7. The van der Waals surface area contributed by atoms with Gasteiger partial charge in [-0.2, -0.15) is 0 Å². The highest BCUT2D eigenvalue weighted by Crippen LogP contribution is 2.13. The fourth-order valence-electron chi connectivity index (χ4n) is 8.05.